The molecule has 0 amide bonds. The van der Waals surface area contributed by atoms with Crippen molar-refractivity contribution in [2.45, 2.75) is 50.5 Å². The number of ketones is 1. The normalized spacial score (nSPS) is 24.4. The lowest BCUT2D eigenvalue weighted by atomic mass is 9.94. The van der Waals surface area contributed by atoms with Crippen LogP contribution >= 0.6 is 0 Å². The second kappa shape index (κ2) is 6.40. The molecule has 0 aromatic heterocycles. The molecular weight excluding hydrogens is 250 g/mol. The molecule has 0 radical (unpaired) electrons. The molecule has 108 valence electrons. The first-order valence-corrected chi connectivity index (χ1v) is 7.79. The Labute approximate surface area is 120 Å². The number of Topliss-reactive ketones (excluding diaryl/α,β-unsaturated/α-hetero) is 1. The van der Waals surface area contributed by atoms with E-state index in [4.69, 9.17) is 4.74 Å². The number of carbonyl (C=O) groups is 1. The highest BCUT2D eigenvalue weighted by molar-refractivity contribution is 5.80. The van der Waals surface area contributed by atoms with E-state index in [1.807, 2.05) is 6.07 Å². The molecule has 1 aromatic rings. The van der Waals surface area contributed by atoms with Crippen molar-refractivity contribution in [2.24, 2.45) is 0 Å². The molecule has 0 bridgehead atoms. The van der Waals surface area contributed by atoms with Crippen molar-refractivity contribution in [3.8, 4) is 0 Å². The van der Waals surface area contributed by atoms with Gasteiger partial charge in [0.2, 0.25) is 0 Å². The van der Waals surface area contributed by atoms with E-state index >= 15 is 0 Å². The third-order valence-corrected chi connectivity index (χ3v) is 4.42. The Morgan fingerprint density at radius 1 is 1.35 bits per heavy atom. The number of anilines is 1. The Bertz CT molecular complexity index is 466. The molecule has 2 unspecified atom stereocenters. The summed E-state index contributed by atoms with van der Waals surface area (Å²) in [7, 11) is 0. The lowest BCUT2D eigenvalue weighted by Gasteiger charge is -2.11. The Balaban J connectivity index is 1.43. The van der Waals surface area contributed by atoms with Gasteiger partial charge in [0.1, 0.15) is 5.78 Å². The number of benzene rings is 1. The van der Waals surface area contributed by atoms with Gasteiger partial charge < -0.3 is 10.1 Å². The minimum atomic E-state index is 0.362. The molecule has 20 heavy (non-hydrogen) atoms. The maximum atomic E-state index is 12.1. The van der Waals surface area contributed by atoms with Crippen LogP contribution in [0.4, 0.5) is 5.69 Å². The first-order valence-electron chi connectivity index (χ1n) is 7.79. The smallest absolute Gasteiger partial charge is 0.133 e. The van der Waals surface area contributed by atoms with E-state index in [1.54, 1.807) is 0 Å². The molecule has 2 heterocycles. The van der Waals surface area contributed by atoms with Crippen molar-refractivity contribution in [2.75, 3.05) is 18.5 Å². The van der Waals surface area contributed by atoms with Gasteiger partial charge in [0.25, 0.3) is 0 Å². The SMILES string of the molecule is O=C(CCCC1CCCO1)CC1CNc2ccccc21. The monoisotopic (exact) mass is 273 g/mol. The van der Waals surface area contributed by atoms with Gasteiger partial charge in [-0.1, -0.05) is 18.2 Å². The lowest BCUT2D eigenvalue weighted by molar-refractivity contribution is -0.119. The molecular formula is C17H23NO2. The predicted molar refractivity (Wildman–Crippen MR) is 80.1 cm³/mol. The Kier molecular flexibility index (Phi) is 4.36. The standard InChI is InChI=1S/C17H23NO2/c19-14(5-3-6-15-7-4-10-20-15)11-13-12-18-17-9-2-1-8-16(13)17/h1-2,8-9,13,15,18H,3-7,10-12H2. The Morgan fingerprint density at radius 3 is 3.10 bits per heavy atom. The lowest BCUT2D eigenvalue weighted by Crippen LogP contribution is -2.10. The van der Waals surface area contributed by atoms with Crippen molar-refractivity contribution in [3.05, 3.63) is 29.8 Å². The quantitative estimate of drug-likeness (QED) is 0.862. The second-order valence-corrected chi connectivity index (χ2v) is 5.94. The fourth-order valence-electron chi connectivity index (χ4n) is 3.32. The van der Waals surface area contributed by atoms with Crippen LogP contribution in [0.25, 0.3) is 0 Å². The van der Waals surface area contributed by atoms with Gasteiger partial charge in [-0.3, -0.25) is 4.79 Å². The van der Waals surface area contributed by atoms with Gasteiger partial charge in [-0.15, -0.1) is 0 Å². The fourth-order valence-corrected chi connectivity index (χ4v) is 3.32. The molecule has 3 nitrogen and oxygen atoms in total. The number of rotatable bonds is 6. The molecule has 0 aliphatic carbocycles. The maximum Gasteiger partial charge on any atom is 0.133 e. The summed E-state index contributed by atoms with van der Waals surface area (Å²) in [5.74, 6) is 0.757. The minimum absolute atomic E-state index is 0.362. The summed E-state index contributed by atoms with van der Waals surface area (Å²) >= 11 is 0. The van der Waals surface area contributed by atoms with Gasteiger partial charge in [0.15, 0.2) is 0 Å². The van der Waals surface area contributed by atoms with E-state index in [9.17, 15) is 4.79 Å². The summed E-state index contributed by atoms with van der Waals surface area (Å²) in [5, 5.41) is 3.38. The third kappa shape index (κ3) is 3.21. The zero-order valence-electron chi connectivity index (χ0n) is 11.9. The van der Waals surface area contributed by atoms with Crippen molar-refractivity contribution in [1.82, 2.24) is 0 Å². The highest BCUT2D eigenvalue weighted by Gasteiger charge is 2.24. The van der Waals surface area contributed by atoms with Crippen LogP contribution in [0, 0.1) is 0 Å². The molecule has 2 atom stereocenters. The number of ether oxygens (including phenoxy) is 1. The minimum Gasteiger partial charge on any atom is -0.384 e. The third-order valence-electron chi connectivity index (χ3n) is 4.42. The first-order chi connectivity index (χ1) is 9.83. The maximum absolute atomic E-state index is 12.1. The van der Waals surface area contributed by atoms with E-state index in [1.165, 1.54) is 24.1 Å². The molecule has 1 aromatic carbocycles. The van der Waals surface area contributed by atoms with Gasteiger partial charge in [0.05, 0.1) is 6.10 Å². The zero-order valence-corrected chi connectivity index (χ0v) is 11.9. The van der Waals surface area contributed by atoms with E-state index in [0.29, 0.717) is 30.6 Å². The molecule has 3 rings (SSSR count). The highest BCUT2D eigenvalue weighted by atomic mass is 16.5. The number of hydrogen-bond acceptors (Lipinski definition) is 3. The zero-order chi connectivity index (χ0) is 13.8. The van der Waals surface area contributed by atoms with Gasteiger partial charge in [0, 0.05) is 37.6 Å². The van der Waals surface area contributed by atoms with Crippen LogP contribution in [-0.4, -0.2) is 25.0 Å². The van der Waals surface area contributed by atoms with Crippen LogP contribution < -0.4 is 5.32 Å². The van der Waals surface area contributed by atoms with E-state index < -0.39 is 0 Å². The van der Waals surface area contributed by atoms with Crippen molar-refractivity contribution in [3.63, 3.8) is 0 Å². The van der Waals surface area contributed by atoms with Crippen LogP contribution in [0.2, 0.25) is 0 Å². The van der Waals surface area contributed by atoms with Crippen molar-refractivity contribution in [1.29, 1.82) is 0 Å². The van der Waals surface area contributed by atoms with Crippen LogP contribution in [0.5, 0.6) is 0 Å². The van der Waals surface area contributed by atoms with Crippen LogP contribution in [0.3, 0.4) is 0 Å². The summed E-state index contributed by atoms with van der Waals surface area (Å²) in [5.41, 5.74) is 2.50. The van der Waals surface area contributed by atoms with Gasteiger partial charge >= 0.3 is 0 Å². The van der Waals surface area contributed by atoms with Gasteiger partial charge in [-0.25, -0.2) is 0 Å². The van der Waals surface area contributed by atoms with Crippen molar-refractivity contribution >= 4 is 11.5 Å². The summed E-state index contributed by atoms with van der Waals surface area (Å²) in [4.78, 5) is 12.1. The Hall–Kier alpha value is -1.35. The second-order valence-electron chi connectivity index (χ2n) is 5.94. The summed E-state index contributed by atoms with van der Waals surface area (Å²) < 4.78 is 5.59. The molecule has 1 N–H and O–H groups in total. The molecule has 0 saturated carbocycles. The van der Waals surface area contributed by atoms with Crippen LogP contribution in [0.15, 0.2) is 24.3 Å². The van der Waals surface area contributed by atoms with E-state index in [-0.39, 0.29) is 0 Å². The van der Waals surface area contributed by atoms with Crippen molar-refractivity contribution < 1.29 is 9.53 Å². The van der Waals surface area contributed by atoms with E-state index in [2.05, 4.69) is 23.5 Å². The average molecular weight is 273 g/mol. The van der Waals surface area contributed by atoms with Crippen LogP contribution in [0.1, 0.15) is 50.0 Å². The number of hydrogen-bond donors (Lipinski definition) is 1. The van der Waals surface area contributed by atoms with Crippen LogP contribution in [-0.2, 0) is 9.53 Å². The number of fused-ring (bicyclic) bond motifs is 1. The van der Waals surface area contributed by atoms with Gasteiger partial charge in [-0.2, -0.15) is 0 Å². The Morgan fingerprint density at radius 2 is 2.25 bits per heavy atom. The predicted octanol–water partition coefficient (Wildman–Crippen LogP) is 3.50. The first kappa shape index (κ1) is 13.6. The number of para-hydroxylation sites is 1. The molecule has 2 aliphatic heterocycles. The topological polar surface area (TPSA) is 38.3 Å². The molecule has 0 spiro atoms. The largest absolute Gasteiger partial charge is 0.384 e. The average Bonchev–Trinajstić information content (AvgIpc) is 3.09. The molecule has 3 heteroatoms. The summed E-state index contributed by atoms with van der Waals surface area (Å²) in [6, 6.07) is 8.33. The number of carbonyl (C=O) groups excluding carboxylic acids is 1. The number of nitrogens with one attached hydrogen (secondary N) is 1. The molecule has 1 saturated heterocycles. The van der Waals surface area contributed by atoms with Gasteiger partial charge in [-0.05, 0) is 37.3 Å². The molecule has 2 aliphatic rings. The highest BCUT2D eigenvalue weighted by Crippen LogP contribution is 2.33. The summed E-state index contributed by atoms with van der Waals surface area (Å²) in [6.45, 7) is 1.81. The molecule has 1 fully saturated rings. The summed E-state index contributed by atoms with van der Waals surface area (Å²) in [6.07, 6.45) is 6.18. The van der Waals surface area contributed by atoms with E-state index in [0.717, 1.165) is 26.0 Å². The fraction of sp³-hybridized carbons (Fsp3) is 0.588.